The molecule has 12 aromatic rings. The third-order valence-corrected chi connectivity index (χ3v) is 14.7. The summed E-state index contributed by atoms with van der Waals surface area (Å²) in [5.41, 5.74) is 22.3. The minimum atomic E-state index is -0.507. The summed E-state index contributed by atoms with van der Waals surface area (Å²) in [6.45, 7) is 0. The van der Waals surface area contributed by atoms with Crippen LogP contribution in [0.2, 0.25) is 0 Å². The van der Waals surface area contributed by atoms with Gasteiger partial charge in [0.15, 0.2) is 0 Å². The summed E-state index contributed by atoms with van der Waals surface area (Å²) in [6.07, 6.45) is 0. The van der Waals surface area contributed by atoms with E-state index in [2.05, 4.69) is 287 Å². The average Bonchev–Trinajstić information content (AvgIpc) is 4.03. The molecule has 2 aliphatic rings. The van der Waals surface area contributed by atoms with Gasteiger partial charge in [0.25, 0.3) is 0 Å². The molecule has 3 heteroatoms. The summed E-state index contributed by atoms with van der Waals surface area (Å²) >= 11 is 0. The molecule has 0 bridgehead atoms. The van der Waals surface area contributed by atoms with E-state index in [1.807, 2.05) is 0 Å². The first-order valence-corrected chi connectivity index (χ1v) is 24.2. The summed E-state index contributed by atoms with van der Waals surface area (Å²) in [5, 5.41) is 2.46. The number of benzene rings is 11. The van der Waals surface area contributed by atoms with Crippen molar-refractivity contribution in [2.24, 2.45) is 0 Å². The van der Waals surface area contributed by atoms with E-state index in [1.54, 1.807) is 0 Å². The molecule has 0 aliphatic heterocycles. The van der Waals surface area contributed by atoms with E-state index >= 15 is 0 Å². The molecule has 0 radical (unpaired) electrons. The number of rotatable bonds is 8. The Hall–Kier alpha value is -9.18. The monoisotopic (exact) mass is 891 g/mol. The Morgan fingerprint density at radius 1 is 0.257 bits per heavy atom. The van der Waals surface area contributed by atoms with Crippen LogP contribution in [0.15, 0.2) is 273 Å². The highest BCUT2D eigenvalue weighted by molar-refractivity contribution is 6.10. The Balaban J connectivity index is 0.983. The molecule has 328 valence electrons. The summed E-state index contributed by atoms with van der Waals surface area (Å²) in [6, 6.07) is 100. The van der Waals surface area contributed by atoms with Crippen LogP contribution in [-0.4, -0.2) is 4.57 Å². The van der Waals surface area contributed by atoms with Gasteiger partial charge in [0, 0.05) is 50.6 Å². The van der Waals surface area contributed by atoms with Gasteiger partial charge in [0.1, 0.15) is 0 Å². The van der Waals surface area contributed by atoms with Crippen molar-refractivity contribution < 1.29 is 0 Å². The molecule has 70 heavy (non-hydrogen) atoms. The van der Waals surface area contributed by atoms with Crippen LogP contribution in [0.4, 0.5) is 34.1 Å². The molecule has 1 spiro atoms. The standard InChI is InChI=1S/C67H45N3/c1-5-20-46(21-6-1)47-22-19-29-51(42-47)69(54-36-39-58-57-32-15-18-35-65(57)70(66(58)45-54)50-27-11-4-12-28-50)53-38-41-64-60(44-53)56-31-14-17-34-62(56)67(64)61-33-16-13-30-55(61)59-43-52(37-40-63(59)67)68(48-23-7-2-8-24-48)49-25-9-3-10-26-49/h1-45H. The zero-order valence-corrected chi connectivity index (χ0v) is 38.3. The Bertz CT molecular complexity index is 3910. The first-order valence-electron chi connectivity index (χ1n) is 24.2. The fourth-order valence-corrected chi connectivity index (χ4v) is 11.9. The zero-order valence-electron chi connectivity index (χ0n) is 38.3. The van der Waals surface area contributed by atoms with Crippen molar-refractivity contribution in [3.63, 3.8) is 0 Å². The van der Waals surface area contributed by atoms with E-state index in [1.165, 1.54) is 71.9 Å². The van der Waals surface area contributed by atoms with Gasteiger partial charge in [-0.25, -0.2) is 0 Å². The van der Waals surface area contributed by atoms with E-state index in [9.17, 15) is 0 Å². The fourth-order valence-electron chi connectivity index (χ4n) is 11.9. The molecule has 11 aromatic carbocycles. The van der Waals surface area contributed by atoms with Crippen LogP contribution in [0, 0.1) is 0 Å². The van der Waals surface area contributed by atoms with Crippen LogP contribution >= 0.6 is 0 Å². The molecular formula is C67H45N3. The Morgan fingerprint density at radius 3 is 1.31 bits per heavy atom. The summed E-state index contributed by atoms with van der Waals surface area (Å²) in [7, 11) is 0. The Labute approximate surface area is 408 Å². The van der Waals surface area contributed by atoms with Crippen molar-refractivity contribution in [3.05, 3.63) is 295 Å². The molecule has 0 amide bonds. The van der Waals surface area contributed by atoms with Crippen molar-refractivity contribution in [2.75, 3.05) is 9.80 Å². The van der Waals surface area contributed by atoms with Gasteiger partial charge in [-0.05, 0) is 147 Å². The number of para-hydroxylation sites is 4. The van der Waals surface area contributed by atoms with Crippen LogP contribution in [0.3, 0.4) is 0 Å². The van der Waals surface area contributed by atoms with Gasteiger partial charge in [-0.15, -0.1) is 0 Å². The SMILES string of the molecule is c1ccc(-c2cccc(N(c3ccc4c(c3)-c3ccccc3C43c4ccccc4-c4cc(N(c5ccccc5)c5ccccc5)ccc43)c3ccc4c5ccccc5n(-c5ccccc5)c4c3)c2)cc1. The average molecular weight is 892 g/mol. The predicted molar refractivity (Wildman–Crippen MR) is 292 cm³/mol. The van der Waals surface area contributed by atoms with Crippen molar-refractivity contribution >= 4 is 55.9 Å². The van der Waals surface area contributed by atoms with Gasteiger partial charge in [0.2, 0.25) is 0 Å². The van der Waals surface area contributed by atoms with E-state index in [4.69, 9.17) is 0 Å². The number of anilines is 6. The highest BCUT2D eigenvalue weighted by Crippen LogP contribution is 2.64. The topological polar surface area (TPSA) is 11.4 Å². The van der Waals surface area contributed by atoms with Crippen molar-refractivity contribution in [2.45, 2.75) is 5.41 Å². The van der Waals surface area contributed by atoms with Crippen LogP contribution in [0.1, 0.15) is 22.3 Å². The van der Waals surface area contributed by atoms with Gasteiger partial charge in [0.05, 0.1) is 16.4 Å². The molecule has 1 unspecified atom stereocenters. The molecule has 1 heterocycles. The highest BCUT2D eigenvalue weighted by atomic mass is 15.1. The van der Waals surface area contributed by atoms with Gasteiger partial charge in [-0.1, -0.05) is 182 Å². The molecule has 0 saturated heterocycles. The molecule has 1 aromatic heterocycles. The quantitative estimate of drug-likeness (QED) is 0.151. The molecule has 0 saturated carbocycles. The van der Waals surface area contributed by atoms with Crippen LogP contribution in [-0.2, 0) is 5.41 Å². The molecule has 14 rings (SSSR count). The van der Waals surface area contributed by atoms with Crippen LogP contribution in [0.5, 0.6) is 0 Å². The van der Waals surface area contributed by atoms with Gasteiger partial charge < -0.3 is 14.4 Å². The predicted octanol–water partition coefficient (Wildman–Crippen LogP) is 17.7. The lowest BCUT2D eigenvalue weighted by Gasteiger charge is -2.32. The number of fused-ring (bicyclic) bond motifs is 13. The summed E-state index contributed by atoms with van der Waals surface area (Å²) < 4.78 is 2.41. The van der Waals surface area contributed by atoms with Crippen molar-refractivity contribution in [3.8, 4) is 39.1 Å². The lowest BCUT2D eigenvalue weighted by atomic mass is 9.70. The highest BCUT2D eigenvalue weighted by Gasteiger charge is 2.52. The Morgan fingerprint density at radius 2 is 0.686 bits per heavy atom. The number of aromatic nitrogens is 1. The second-order valence-corrected chi connectivity index (χ2v) is 18.4. The van der Waals surface area contributed by atoms with Crippen molar-refractivity contribution in [1.82, 2.24) is 4.57 Å². The van der Waals surface area contributed by atoms with E-state index in [-0.39, 0.29) is 0 Å². The third-order valence-electron chi connectivity index (χ3n) is 14.7. The van der Waals surface area contributed by atoms with Gasteiger partial charge in [-0.3, -0.25) is 0 Å². The number of nitrogens with zero attached hydrogens (tertiary/aromatic N) is 3. The zero-order chi connectivity index (χ0) is 46.2. The minimum absolute atomic E-state index is 0.507. The molecule has 3 nitrogen and oxygen atoms in total. The molecular weight excluding hydrogens is 847 g/mol. The summed E-state index contributed by atoms with van der Waals surface area (Å²) in [5.74, 6) is 0. The minimum Gasteiger partial charge on any atom is -0.310 e. The second kappa shape index (κ2) is 16.0. The number of hydrogen-bond donors (Lipinski definition) is 0. The molecule has 2 aliphatic carbocycles. The Kier molecular flexibility index (Phi) is 9.11. The molecule has 0 fully saturated rings. The largest absolute Gasteiger partial charge is 0.310 e. The van der Waals surface area contributed by atoms with Gasteiger partial charge >= 0.3 is 0 Å². The van der Waals surface area contributed by atoms with E-state index < -0.39 is 5.41 Å². The maximum atomic E-state index is 2.46. The van der Waals surface area contributed by atoms with Gasteiger partial charge in [-0.2, -0.15) is 0 Å². The maximum Gasteiger partial charge on any atom is 0.0725 e. The van der Waals surface area contributed by atoms with Crippen LogP contribution < -0.4 is 9.80 Å². The smallest absolute Gasteiger partial charge is 0.0725 e. The second-order valence-electron chi connectivity index (χ2n) is 18.4. The van der Waals surface area contributed by atoms with Crippen molar-refractivity contribution in [1.29, 1.82) is 0 Å². The maximum absolute atomic E-state index is 2.46. The fraction of sp³-hybridized carbons (Fsp3) is 0.0149. The molecule has 0 N–H and O–H groups in total. The van der Waals surface area contributed by atoms with E-state index in [0.29, 0.717) is 0 Å². The third kappa shape index (κ3) is 6.01. The number of hydrogen-bond acceptors (Lipinski definition) is 2. The first-order chi connectivity index (χ1) is 34.7. The normalized spacial score (nSPS) is 14.1. The first kappa shape index (κ1) is 39.9. The molecule has 1 atom stereocenters. The van der Waals surface area contributed by atoms with Crippen LogP contribution in [0.25, 0.3) is 60.9 Å². The lowest BCUT2D eigenvalue weighted by Crippen LogP contribution is -2.26. The summed E-state index contributed by atoms with van der Waals surface area (Å²) in [4.78, 5) is 4.83. The van der Waals surface area contributed by atoms with E-state index in [0.717, 1.165) is 45.3 Å². The lowest BCUT2D eigenvalue weighted by molar-refractivity contribution is 0.793.